The third-order valence-corrected chi connectivity index (χ3v) is 5.05. The lowest BCUT2D eigenvalue weighted by Gasteiger charge is -2.07. The summed E-state index contributed by atoms with van der Waals surface area (Å²) in [6, 6.07) is 14.8. The molecule has 0 unspecified atom stereocenters. The summed E-state index contributed by atoms with van der Waals surface area (Å²) < 4.78 is 0.926. The Morgan fingerprint density at radius 3 is 2.50 bits per heavy atom. The molecule has 0 spiro atoms. The summed E-state index contributed by atoms with van der Waals surface area (Å²) in [5, 5.41) is 10.0. The van der Waals surface area contributed by atoms with Gasteiger partial charge in [-0.1, -0.05) is 51.8 Å². The molecule has 114 valence electrons. The maximum atomic E-state index is 12.2. The lowest BCUT2D eigenvalue weighted by Crippen LogP contribution is -2.03. The number of allylic oxidation sites excluding steroid dienone is 1. The van der Waals surface area contributed by atoms with E-state index in [4.69, 9.17) is 11.6 Å². The summed E-state index contributed by atoms with van der Waals surface area (Å²) in [5.41, 5.74) is 1.03. The number of halogens is 2. The second-order valence-electron chi connectivity index (χ2n) is 4.50. The third kappa shape index (κ3) is 4.63. The van der Waals surface area contributed by atoms with Gasteiger partial charge in [-0.2, -0.15) is 0 Å². The van der Waals surface area contributed by atoms with Gasteiger partial charge in [-0.3, -0.25) is 4.79 Å². The number of carbonyl (C=O) groups excluding carboxylic acids is 1. The molecule has 5 heteroatoms. The molecule has 22 heavy (non-hydrogen) atoms. The molecule has 0 aliphatic carbocycles. The van der Waals surface area contributed by atoms with Gasteiger partial charge in [0.1, 0.15) is 0 Å². The van der Waals surface area contributed by atoms with Crippen molar-refractivity contribution in [3.63, 3.8) is 0 Å². The zero-order chi connectivity index (χ0) is 15.9. The maximum absolute atomic E-state index is 12.2. The normalized spacial score (nSPS) is 11.5. The van der Waals surface area contributed by atoms with Gasteiger partial charge >= 0.3 is 0 Å². The van der Waals surface area contributed by atoms with Gasteiger partial charge in [0.05, 0.1) is 16.9 Å². The lowest BCUT2D eigenvalue weighted by molar-refractivity contribution is -0.113. The van der Waals surface area contributed by atoms with Crippen LogP contribution in [0.1, 0.15) is 12.0 Å². The number of benzene rings is 2. The molecule has 0 saturated carbocycles. The zero-order valence-electron chi connectivity index (χ0n) is 11.6. The highest BCUT2D eigenvalue weighted by Crippen LogP contribution is 2.28. The highest BCUT2D eigenvalue weighted by Gasteiger charge is 2.12. The Morgan fingerprint density at radius 2 is 1.86 bits per heavy atom. The Bertz CT molecular complexity index is 683. The number of carbonyl (C=O) groups is 1. The largest absolute Gasteiger partial charge is 0.515 e. The van der Waals surface area contributed by atoms with Crippen LogP contribution in [-0.4, -0.2) is 16.6 Å². The Hall–Kier alpha value is -1.23. The maximum Gasteiger partial charge on any atom is 0.167 e. The van der Waals surface area contributed by atoms with E-state index in [0.29, 0.717) is 28.3 Å². The monoisotopic (exact) mass is 396 g/mol. The minimum atomic E-state index is -0.0932. The zero-order valence-corrected chi connectivity index (χ0v) is 14.8. The van der Waals surface area contributed by atoms with Crippen LogP contribution in [0, 0.1) is 0 Å². The van der Waals surface area contributed by atoms with E-state index in [9.17, 15) is 9.90 Å². The van der Waals surface area contributed by atoms with Crippen LogP contribution in [0.3, 0.4) is 0 Å². The fraction of sp³-hybridized carbons (Fsp3) is 0.118. The molecule has 0 atom stereocenters. The van der Waals surface area contributed by atoms with Crippen molar-refractivity contribution in [1.82, 2.24) is 0 Å². The molecule has 2 nitrogen and oxygen atoms in total. The molecule has 0 heterocycles. The van der Waals surface area contributed by atoms with Crippen LogP contribution in [0.15, 0.2) is 64.2 Å². The summed E-state index contributed by atoms with van der Waals surface area (Å²) >= 11 is 11.0. The number of aliphatic hydroxyl groups is 1. The minimum absolute atomic E-state index is 0.0932. The SMILES string of the molecule is O=C(CCSc1ccccc1Cl)/C(=C\O)c1ccc(Br)cc1. The summed E-state index contributed by atoms with van der Waals surface area (Å²) in [6.07, 6.45) is 1.21. The van der Waals surface area contributed by atoms with Crippen molar-refractivity contribution in [2.24, 2.45) is 0 Å². The molecule has 2 aromatic carbocycles. The highest BCUT2D eigenvalue weighted by molar-refractivity contribution is 9.10. The number of thioether (sulfide) groups is 1. The first-order valence-electron chi connectivity index (χ1n) is 6.62. The van der Waals surface area contributed by atoms with Crippen molar-refractivity contribution in [3.8, 4) is 0 Å². The smallest absolute Gasteiger partial charge is 0.167 e. The fourth-order valence-electron chi connectivity index (χ4n) is 1.89. The molecule has 0 amide bonds. The average molecular weight is 398 g/mol. The van der Waals surface area contributed by atoms with Crippen molar-refractivity contribution < 1.29 is 9.90 Å². The van der Waals surface area contributed by atoms with Gasteiger partial charge in [0.2, 0.25) is 0 Å². The molecular formula is C17H14BrClO2S. The summed E-state index contributed by atoms with van der Waals surface area (Å²) in [5.74, 6) is 0.514. The van der Waals surface area contributed by atoms with E-state index in [1.54, 1.807) is 12.1 Å². The van der Waals surface area contributed by atoms with Gasteiger partial charge in [-0.15, -0.1) is 11.8 Å². The number of rotatable bonds is 6. The number of Topliss-reactive ketones (excluding diaryl/α,β-unsaturated/α-hetero) is 1. The van der Waals surface area contributed by atoms with Gasteiger partial charge in [0.25, 0.3) is 0 Å². The second-order valence-corrected chi connectivity index (χ2v) is 6.96. The molecule has 1 N–H and O–H groups in total. The highest BCUT2D eigenvalue weighted by atomic mass is 79.9. The fourth-order valence-corrected chi connectivity index (χ4v) is 3.34. The number of hydrogen-bond donors (Lipinski definition) is 1. The average Bonchev–Trinajstić information content (AvgIpc) is 2.52. The predicted molar refractivity (Wildman–Crippen MR) is 96.5 cm³/mol. The Morgan fingerprint density at radius 1 is 1.18 bits per heavy atom. The van der Waals surface area contributed by atoms with E-state index >= 15 is 0 Å². The van der Waals surface area contributed by atoms with Crippen molar-refractivity contribution in [1.29, 1.82) is 0 Å². The van der Waals surface area contributed by atoms with Gasteiger partial charge in [-0.05, 0) is 29.8 Å². The molecular weight excluding hydrogens is 384 g/mol. The van der Waals surface area contributed by atoms with Crippen LogP contribution in [0.4, 0.5) is 0 Å². The lowest BCUT2D eigenvalue weighted by atomic mass is 10.0. The van der Waals surface area contributed by atoms with Gasteiger partial charge in [-0.25, -0.2) is 0 Å². The van der Waals surface area contributed by atoms with Crippen molar-refractivity contribution in [2.75, 3.05) is 5.75 Å². The molecule has 0 aliphatic rings. The molecule has 0 saturated heterocycles. The third-order valence-electron chi connectivity index (χ3n) is 3.01. The minimum Gasteiger partial charge on any atom is -0.515 e. The van der Waals surface area contributed by atoms with E-state index in [2.05, 4.69) is 15.9 Å². The molecule has 0 radical (unpaired) electrons. The summed E-state index contributed by atoms with van der Waals surface area (Å²) in [4.78, 5) is 13.2. The molecule has 2 rings (SSSR count). The molecule has 0 fully saturated rings. The van der Waals surface area contributed by atoms with Crippen LogP contribution in [0.2, 0.25) is 5.02 Å². The van der Waals surface area contributed by atoms with Crippen LogP contribution >= 0.6 is 39.3 Å². The summed E-state index contributed by atoms with van der Waals surface area (Å²) in [7, 11) is 0. The van der Waals surface area contributed by atoms with Crippen molar-refractivity contribution in [3.05, 3.63) is 69.9 Å². The topological polar surface area (TPSA) is 37.3 Å². The standard InChI is InChI=1S/C17H14BrClO2S/c18-13-7-5-12(6-8-13)14(11-20)16(21)9-10-22-17-4-2-1-3-15(17)19/h1-8,11,20H,9-10H2/b14-11-. The number of aliphatic hydroxyl groups excluding tert-OH is 1. The summed E-state index contributed by atoms with van der Waals surface area (Å²) in [6.45, 7) is 0. The van der Waals surface area contributed by atoms with Crippen LogP contribution in [0.5, 0.6) is 0 Å². The van der Waals surface area contributed by atoms with E-state index < -0.39 is 0 Å². The van der Waals surface area contributed by atoms with E-state index in [-0.39, 0.29) is 5.78 Å². The molecule has 2 aromatic rings. The molecule has 0 aromatic heterocycles. The first kappa shape index (κ1) is 17.1. The van der Waals surface area contributed by atoms with Crippen LogP contribution in [0.25, 0.3) is 5.57 Å². The quantitative estimate of drug-likeness (QED) is 0.383. The van der Waals surface area contributed by atoms with E-state index in [0.717, 1.165) is 15.6 Å². The van der Waals surface area contributed by atoms with E-state index in [1.807, 2.05) is 36.4 Å². The first-order valence-corrected chi connectivity index (χ1v) is 8.78. The number of ketones is 1. The van der Waals surface area contributed by atoms with Crippen molar-refractivity contribution >= 4 is 50.6 Å². The first-order chi connectivity index (χ1) is 10.6. The van der Waals surface area contributed by atoms with E-state index in [1.165, 1.54) is 11.8 Å². The van der Waals surface area contributed by atoms with Crippen LogP contribution < -0.4 is 0 Å². The van der Waals surface area contributed by atoms with Gasteiger partial charge in [0, 0.05) is 21.5 Å². The number of hydrogen-bond acceptors (Lipinski definition) is 3. The Labute approximate surface area is 147 Å². The Balaban J connectivity index is 1.96. The van der Waals surface area contributed by atoms with Crippen LogP contribution in [-0.2, 0) is 4.79 Å². The van der Waals surface area contributed by atoms with Gasteiger partial charge < -0.3 is 5.11 Å². The predicted octanol–water partition coefficient (Wildman–Crippen LogP) is 5.75. The van der Waals surface area contributed by atoms with Crippen molar-refractivity contribution in [2.45, 2.75) is 11.3 Å². The second kappa shape index (κ2) is 8.42. The molecule has 0 aliphatic heterocycles. The Kier molecular flexibility index (Phi) is 6.55. The van der Waals surface area contributed by atoms with Gasteiger partial charge in [0.15, 0.2) is 5.78 Å². The molecule has 0 bridgehead atoms.